The molecule has 0 unspecified atom stereocenters. The number of carbonyl (C=O) groups excluding carboxylic acids is 1. The molecule has 0 atom stereocenters. The number of anilines is 1. The van der Waals surface area contributed by atoms with Gasteiger partial charge in [0.25, 0.3) is 0 Å². The molecule has 1 aliphatic rings. The van der Waals surface area contributed by atoms with Crippen LogP contribution in [0.3, 0.4) is 0 Å². The van der Waals surface area contributed by atoms with Crippen LogP contribution >= 0.6 is 0 Å². The minimum Gasteiger partial charge on any atom is -0.341 e. The van der Waals surface area contributed by atoms with Gasteiger partial charge in [-0.2, -0.15) is 0 Å². The van der Waals surface area contributed by atoms with E-state index in [0.717, 1.165) is 43.4 Å². The first-order valence-corrected chi connectivity index (χ1v) is 7.18. The third-order valence-corrected chi connectivity index (χ3v) is 3.81. The molecule has 0 spiro atoms. The van der Waals surface area contributed by atoms with Crippen LogP contribution in [0.25, 0.3) is 0 Å². The molecule has 0 saturated carbocycles. The van der Waals surface area contributed by atoms with Gasteiger partial charge in [-0.05, 0) is 51.0 Å². The van der Waals surface area contributed by atoms with Crippen LogP contribution in [-0.2, 0) is 4.79 Å². The Kier molecular flexibility index (Phi) is 4.88. The van der Waals surface area contributed by atoms with Crippen molar-refractivity contribution in [2.45, 2.75) is 46.0 Å². The maximum Gasteiger partial charge on any atom is 0.225 e. The van der Waals surface area contributed by atoms with Gasteiger partial charge in [0, 0.05) is 31.9 Å². The number of aryl methyl sites for hydroxylation is 1. The van der Waals surface area contributed by atoms with Crippen LogP contribution in [-0.4, -0.2) is 28.8 Å². The van der Waals surface area contributed by atoms with Crippen LogP contribution < -0.4 is 4.90 Å². The molecule has 19 heavy (non-hydrogen) atoms. The summed E-state index contributed by atoms with van der Waals surface area (Å²) < 4.78 is 0. The van der Waals surface area contributed by atoms with E-state index in [1.54, 1.807) is 6.92 Å². The van der Waals surface area contributed by atoms with Crippen molar-refractivity contribution in [1.29, 1.82) is 0 Å². The molecule has 0 N–H and O–H groups in total. The molecule has 1 saturated heterocycles. The van der Waals surface area contributed by atoms with Crippen molar-refractivity contribution in [2.24, 2.45) is 5.92 Å². The molecule has 4 nitrogen and oxygen atoms in total. The monoisotopic (exact) mass is 261 g/mol. The Balaban J connectivity index is 1.76. The smallest absolute Gasteiger partial charge is 0.225 e. The number of piperidine rings is 1. The van der Waals surface area contributed by atoms with Crippen molar-refractivity contribution in [3.05, 3.63) is 18.0 Å². The Bertz CT molecular complexity index is 408. The summed E-state index contributed by atoms with van der Waals surface area (Å²) in [6.45, 7) is 5.75. The Morgan fingerprint density at radius 2 is 1.95 bits per heavy atom. The van der Waals surface area contributed by atoms with Gasteiger partial charge >= 0.3 is 0 Å². The van der Waals surface area contributed by atoms with E-state index in [1.165, 1.54) is 19.3 Å². The van der Waals surface area contributed by atoms with E-state index < -0.39 is 0 Å². The Hall–Kier alpha value is -1.45. The van der Waals surface area contributed by atoms with E-state index in [4.69, 9.17) is 0 Å². The molecule has 4 heteroatoms. The lowest BCUT2D eigenvalue weighted by Gasteiger charge is -2.32. The van der Waals surface area contributed by atoms with Crippen molar-refractivity contribution in [2.75, 3.05) is 18.0 Å². The average molecular weight is 261 g/mol. The maximum atomic E-state index is 10.9. The summed E-state index contributed by atoms with van der Waals surface area (Å²) >= 11 is 0. The van der Waals surface area contributed by atoms with E-state index in [0.29, 0.717) is 5.78 Å². The third kappa shape index (κ3) is 4.30. The van der Waals surface area contributed by atoms with E-state index >= 15 is 0 Å². The highest BCUT2D eigenvalue weighted by molar-refractivity contribution is 5.75. The SMILES string of the molecule is CC(=O)CCCC1CCN(c2ncc(C)cn2)CC1. The number of hydrogen-bond donors (Lipinski definition) is 0. The highest BCUT2D eigenvalue weighted by Crippen LogP contribution is 2.24. The first kappa shape index (κ1) is 14.0. The quantitative estimate of drug-likeness (QED) is 0.817. The zero-order chi connectivity index (χ0) is 13.7. The minimum atomic E-state index is 0.311. The van der Waals surface area contributed by atoms with Crippen molar-refractivity contribution in [1.82, 2.24) is 9.97 Å². The Labute approximate surface area is 115 Å². The molecule has 1 aliphatic heterocycles. The second-order valence-corrected chi connectivity index (χ2v) is 5.59. The van der Waals surface area contributed by atoms with Crippen molar-refractivity contribution >= 4 is 11.7 Å². The number of Topliss-reactive ketones (excluding diaryl/α,β-unsaturated/α-hetero) is 1. The molecule has 0 bridgehead atoms. The van der Waals surface area contributed by atoms with Crippen molar-refractivity contribution < 1.29 is 4.79 Å². The highest BCUT2D eigenvalue weighted by atomic mass is 16.1. The molecular formula is C15H23N3O. The predicted molar refractivity (Wildman–Crippen MR) is 76.2 cm³/mol. The fourth-order valence-electron chi connectivity index (χ4n) is 2.61. The summed E-state index contributed by atoms with van der Waals surface area (Å²) in [6.07, 6.45) is 9.09. The minimum absolute atomic E-state index is 0.311. The van der Waals surface area contributed by atoms with Gasteiger partial charge in [0.05, 0.1) is 0 Å². The van der Waals surface area contributed by atoms with E-state index in [2.05, 4.69) is 14.9 Å². The molecule has 2 rings (SSSR count). The summed E-state index contributed by atoms with van der Waals surface area (Å²) in [6, 6.07) is 0. The first-order valence-electron chi connectivity index (χ1n) is 7.18. The largest absolute Gasteiger partial charge is 0.341 e. The summed E-state index contributed by atoms with van der Waals surface area (Å²) in [4.78, 5) is 22.0. The van der Waals surface area contributed by atoms with Gasteiger partial charge in [0.1, 0.15) is 5.78 Å². The summed E-state index contributed by atoms with van der Waals surface area (Å²) in [5.41, 5.74) is 1.10. The summed E-state index contributed by atoms with van der Waals surface area (Å²) in [7, 11) is 0. The maximum absolute atomic E-state index is 10.9. The van der Waals surface area contributed by atoms with Gasteiger partial charge in [-0.3, -0.25) is 0 Å². The predicted octanol–water partition coefficient (Wildman–Crippen LogP) is 2.76. The van der Waals surface area contributed by atoms with E-state index in [-0.39, 0.29) is 0 Å². The van der Waals surface area contributed by atoms with Gasteiger partial charge in [-0.15, -0.1) is 0 Å². The fourth-order valence-corrected chi connectivity index (χ4v) is 2.61. The second kappa shape index (κ2) is 6.64. The van der Waals surface area contributed by atoms with E-state index in [9.17, 15) is 4.79 Å². The third-order valence-electron chi connectivity index (χ3n) is 3.81. The first-order chi connectivity index (χ1) is 9.15. The molecule has 1 aromatic rings. The summed E-state index contributed by atoms with van der Waals surface area (Å²) in [5, 5.41) is 0. The number of ketones is 1. The average Bonchev–Trinajstić information content (AvgIpc) is 2.40. The van der Waals surface area contributed by atoms with Gasteiger partial charge in [-0.1, -0.05) is 0 Å². The molecule has 0 aliphatic carbocycles. The normalized spacial score (nSPS) is 16.6. The zero-order valence-electron chi connectivity index (χ0n) is 11.9. The molecule has 2 heterocycles. The molecule has 0 radical (unpaired) electrons. The number of hydrogen-bond acceptors (Lipinski definition) is 4. The standard InChI is InChI=1S/C15H23N3O/c1-12-10-16-15(17-11-12)18-8-6-14(7-9-18)5-3-4-13(2)19/h10-11,14H,3-9H2,1-2H3. The van der Waals surface area contributed by atoms with Crippen LogP contribution in [0.15, 0.2) is 12.4 Å². The number of rotatable bonds is 5. The zero-order valence-corrected chi connectivity index (χ0v) is 11.9. The molecule has 104 valence electrons. The topological polar surface area (TPSA) is 46.1 Å². The molecule has 1 fully saturated rings. The molecular weight excluding hydrogens is 238 g/mol. The number of nitrogens with zero attached hydrogens (tertiary/aromatic N) is 3. The van der Waals surface area contributed by atoms with Crippen LogP contribution in [0, 0.1) is 12.8 Å². The fraction of sp³-hybridized carbons (Fsp3) is 0.667. The van der Waals surface area contributed by atoms with Gasteiger partial charge in [0.2, 0.25) is 5.95 Å². The Morgan fingerprint density at radius 3 is 2.53 bits per heavy atom. The van der Waals surface area contributed by atoms with Crippen LogP contribution in [0.4, 0.5) is 5.95 Å². The van der Waals surface area contributed by atoms with Crippen LogP contribution in [0.1, 0.15) is 44.6 Å². The Morgan fingerprint density at radius 1 is 1.32 bits per heavy atom. The van der Waals surface area contributed by atoms with Gasteiger partial charge in [0.15, 0.2) is 0 Å². The van der Waals surface area contributed by atoms with E-state index in [1.807, 2.05) is 19.3 Å². The van der Waals surface area contributed by atoms with Gasteiger partial charge < -0.3 is 9.69 Å². The highest BCUT2D eigenvalue weighted by Gasteiger charge is 2.20. The molecule has 0 aromatic carbocycles. The lowest BCUT2D eigenvalue weighted by molar-refractivity contribution is -0.117. The lowest BCUT2D eigenvalue weighted by atomic mass is 9.91. The molecule has 1 aromatic heterocycles. The lowest BCUT2D eigenvalue weighted by Crippen LogP contribution is -2.34. The second-order valence-electron chi connectivity index (χ2n) is 5.59. The van der Waals surface area contributed by atoms with Crippen LogP contribution in [0.5, 0.6) is 0 Å². The van der Waals surface area contributed by atoms with Crippen molar-refractivity contribution in [3.63, 3.8) is 0 Å². The van der Waals surface area contributed by atoms with Crippen LogP contribution in [0.2, 0.25) is 0 Å². The summed E-state index contributed by atoms with van der Waals surface area (Å²) in [5.74, 6) is 1.93. The van der Waals surface area contributed by atoms with Crippen molar-refractivity contribution in [3.8, 4) is 0 Å². The van der Waals surface area contributed by atoms with Gasteiger partial charge in [-0.25, -0.2) is 9.97 Å². The number of aromatic nitrogens is 2. The molecule has 0 amide bonds. The number of carbonyl (C=O) groups is 1.